The molecule has 0 spiro atoms. The molecule has 2 aliphatic heterocycles. The SMILES string of the molecule is CC1=NN(c2ccccc2)C2[O][Al][O]C(CC(C)(C)C)C12. The van der Waals surface area contributed by atoms with Crippen molar-refractivity contribution in [1.29, 1.82) is 0 Å². The quantitative estimate of drug-likeness (QED) is 0.787. The number of hydrogen-bond donors (Lipinski definition) is 0. The third-order valence-corrected chi connectivity index (χ3v) is 4.81. The summed E-state index contributed by atoms with van der Waals surface area (Å²) in [5, 5.41) is 6.76. The van der Waals surface area contributed by atoms with E-state index < -0.39 is 15.9 Å². The standard InChI is InChI=1S/C16H22N2O2.Al/c1-11-14(13(19)10-16(2,3)4)15(20)18(17-11)12-8-6-5-7-9-12;/h5-9,13-15H,10H2,1-4H3;/q-2;+2. The second-order valence-electron chi connectivity index (χ2n) is 7.01. The predicted molar refractivity (Wildman–Crippen MR) is 85.1 cm³/mol. The lowest BCUT2D eigenvalue weighted by molar-refractivity contribution is -0.00912. The zero-order valence-electron chi connectivity index (χ0n) is 13.1. The van der Waals surface area contributed by atoms with Crippen LogP contribution in [0.3, 0.4) is 0 Å². The van der Waals surface area contributed by atoms with Gasteiger partial charge in [0, 0.05) is 11.8 Å². The van der Waals surface area contributed by atoms with Gasteiger partial charge in [-0.05, 0) is 30.9 Å². The molecule has 0 bridgehead atoms. The maximum Gasteiger partial charge on any atom is 0.670 e. The molecule has 1 aromatic carbocycles. The molecule has 2 heterocycles. The van der Waals surface area contributed by atoms with Crippen molar-refractivity contribution in [2.24, 2.45) is 16.4 Å². The number of para-hydroxylation sites is 1. The highest BCUT2D eigenvalue weighted by Gasteiger charge is 2.46. The van der Waals surface area contributed by atoms with Crippen molar-refractivity contribution in [3.63, 3.8) is 0 Å². The minimum Gasteiger partial charge on any atom is -0.480 e. The summed E-state index contributed by atoms with van der Waals surface area (Å²) in [5.41, 5.74) is 2.43. The van der Waals surface area contributed by atoms with Crippen LogP contribution in [0.25, 0.3) is 0 Å². The molecule has 1 aromatic rings. The van der Waals surface area contributed by atoms with Crippen molar-refractivity contribution in [2.45, 2.75) is 46.4 Å². The van der Waals surface area contributed by atoms with Crippen LogP contribution < -0.4 is 5.01 Å². The molecule has 0 N–H and O–H groups in total. The minimum atomic E-state index is -0.423. The monoisotopic (exact) mass is 301 g/mol. The van der Waals surface area contributed by atoms with Crippen molar-refractivity contribution >= 4 is 27.3 Å². The Hall–Kier alpha value is -0.858. The van der Waals surface area contributed by atoms with Crippen molar-refractivity contribution in [3.8, 4) is 0 Å². The molecule has 0 aliphatic carbocycles. The maximum atomic E-state index is 5.98. The molecule has 3 rings (SSSR count). The van der Waals surface area contributed by atoms with E-state index in [1.165, 1.54) is 0 Å². The third-order valence-electron chi connectivity index (χ3n) is 3.96. The zero-order chi connectivity index (χ0) is 15.0. The first-order chi connectivity index (χ1) is 9.96. The molecular weight excluding hydrogens is 279 g/mol. The molecule has 0 aromatic heterocycles. The summed E-state index contributed by atoms with van der Waals surface area (Å²) < 4.78 is 11.9. The molecule has 5 heteroatoms. The third kappa shape index (κ3) is 3.17. The van der Waals surface area contributed by atoms with Crippen LogP contribution in [-0.2, 0) is 7.58 Å². The van der Waals surface area contributed by atoms with Gasteiger partial charge in [-0.2, -0.15) is 5.10 Å². The highest BCUT2D eigenvalue weighted by atomic mass is 27.2. The van der Waals surface area contributed by atoms with Crippen LogP contribution in [0.4, 0.5) is 5.69 Å². The van der Waals surface area contributed by atoms with Crippen LogP contribution in [-0.4, -0.2) is 33.9 Å². The van der Waals surface area contributed by atoms with Gasteiger partial charge in [0.2, 0.25) is 0 Å². The van der Waals surface area contributed by atoms with Gasteiger partial charge in [0.15, 0.2) is 0 Å². The molecule has 4 nitrogen and oxygen atoms in total. The van der Waals surface area contributed by atoms with Crippen LogP contribution in [0, 0.1) is 11.3 Å². The Labute approximate surface area is 133 Å². The Balaban J connectivity index is 1.85. The van der Waals surface area contributed by atoms with Crippen LogP contribution in [0.5, 0.6) is 0 Å². The number of hydrogen-bond acceptors (Lipinski definition) is 4. The van der Waals surface area contributed by atoms with E-state index in [-0.39, 0.29) is 23.7 Å². The van der Waals surface area contributed by atoms with E-state index in [1.54, 1.807) is 0 Å². The highest BCUT2D eigenvalue weighted by Crippen LogP contribution is 2.38. The largest absolute Gasteiger partial charge is 0.670 e. The fraction of sp³-hybridized carbons (Fsp3) is 0.562. The normalized spacial score (nSPS) is 28.9. The topological polar surface area (TPSA) is 34.1 Å². The first kappa shape index (κ1) is 15.1. The Morgan fingerprint density at radius 1 is 1.19 bits per heavy atom. The predicted octanol–water partition coefficient (Wildman–Crippen LogP) is 3.21. The summed E-state index contributed by atoms with van der Waals surface area (Å²) in [4.78, 5) is 0. The van der Waals surface area contributed by atoms with E-state index in [9.17, 15) is 0 Å². The zero-order valence-corrected chi connectivity index (χ0v) is 14.3. The number of nitrogens with zero attached hydrogens (tertiary/aromatic N) is 2. The lowest BCUT2D eigenvalue weighted by Gasteiger charge is -2.40. The van der Waals surface area contributed by atoms with Gasteiger partial charge in [0.05, 0.1) is 11.6 Å². The molecule has 1 saturated heterocycles. The molecule has 3 unspecified atom stereocenters. The molecule has 21 heavy (non-hydrogen) atoms. The number of fused-ring (bicyclic) bond motifs is 1. The summed E-state index contributed by atoms with van der Waals surface area (Å²) in [6.07, 6.45) is 1.22. The summed E-state index contributed by atoms with van der Waals surface area (Å²) in [6, 6.07) is 10.2. The molecule has 0 amide bonds. The van der Waals surface area contributed by atoms with Crippen molar-refractivity contribution in [3.05, 3.63) is 30.3 Å². The lowest BCUT2D eigenvalue weighted by Crippen LogP contribution is -2.49. The number of anilines is 1. The summed E-state index contributed by atoms with van der Waals surface area (Å²) in [6.45, 7) is 8.86. The number of benzene rings is 1. The van der Waals surface area contributed by atoms with Crippen LogP contribution in [0.1, 0.15) is 34.1 Å². The van der Waals surface area contributed by atoms with Crippen LogP contribution in [0.2, 0.25) is 0 Å². The fourth-order valence-electron chi connectivity index (χ4n) is 3.06. The number of rotatable bonds is 2. The minimum absolute atomic E-state index is 0.0106. The van der Waals surface area contributed by atoms with E-state index in [0.29, 0.717) is 0 Å². The average Bonchev–Trinajstić information content (AvgIpc) is 2.77. The van der Waals surface area contributed by atoms with E-state index in [1.807, 2.05) is 23.2 Å². The Morgan fingerprint density at radius 2 is 1.90 bits per heavy atom. The van der Waals surface area contributed by atoms with Gasteiger partial charge in [-0.25, -0.2) is 5.01 Å². The number of hydrazone groups is 1. The highest BCUT2D eigenvalue weighted by molar-refractivity contribution is 6.19. The van der Waals surface area contributed by atoms with Gasteiger partial charge >= 0.3 is 15.9 Å². The molecule has 3 atom stereocenters. The van der Waals surface area contributed by atoms with Gasteiger partial charge in [-0.1, -0.05) is 39.0 Å². The summed E-state index contributed by atoms with van der Waals surface area (Å²) in [5.74, 6) is 0.227. The Bertz CT molecular complexity index is 527. The first-order valence-corrected chi connectivity index (χ1v) is 8.42. The smallest absolute Gasteiger partial charge is 0.480 e. The molecule has 0 saturated carbocycles. The van der Waals surface area contributed by atoms with Gasteiger partial charge in [0.25, 0.3) is 0 Å². The van der Waals surface area contributed by atoms with Crippen molar-refractivity contribution in [1.82, 2.24) is 0 Å². The van der Waals surface area contributed by atoms with Gasteiger partial charge < -0.3 is 7.58 Å². The van der Waals surface area contributed by atoms with Crippen molar-refractivity contribution in [2.75, 3.05) is 5.01 Å². The van der Waals surface area contributed by atoms with Gasteiger partial charge in [-0.3, -0.25) is 0 Å². The summed E-state index contributed by atoms with van der Waals surface area (Å²) >= 11 is -0.423. The Kier molecular flexibility index (Phi) is 4.11. The maximum absolute atomic E-state index is 5.98. The average molecular weight is 301 g/mol. The Morgan fingerprint density at radius 3 is 2.57 bits per heavy atom. The van der Waals surface area contributed by atoms with Crippen LogP contribution in [0.15, 0.2) is 35.4 Å². The lowest BCUT2D eigenvalue weighted by atomic mass is 9.82. The van der Waals surface area contributed by atoms with Gasteiger partial charge in [-0.15, -0.1) is 0 Å². The first-order valence-electron chi connectivity index (χ1n) is 7.48. The molecular formula is C16H22AlN2O2. The van der Waals surface area contributed by atoms with E-state index in [0.717, 1.165) is 17.8 Å². The van der Waals surface area contributed by atoms with Gasteiger partial charge in [0.1, 0.15) is 6.23 Å². The van der Waals surface area contributed by atoms with Crippen LogP contribution >= 0.6 is 0 Å². The fourth-order valence-corrected chi connectivity index (χ4v) is 3.93. The molecule has 1 fully saturated rings. The molecule has 1 radical (unpaired) electrons. The van der Waals surface area contributed by atoms with E-state index >= 15 is 0 Å². The van der Waals surface area contributed by atoms with E-state index in [2.05, 4.69) is 39.8 Å². The molecule has 111 valence electrons. The molecule has 2 aliphatic rings. The summed E-state index contributed by atoms with van der Waals surface area (Å²) in [7, 11) is 0. The van der Waals surface area contributed by atoms with Crippen molar-refractivity contribution < 1.29 is 7.58 Å². The second kappa shape index (κ2) is 5.74. The van der Waals surface area contributed by atoms with E-state index in [4.69, 9.17) is 12.7 Å². The second-order valence-corrected chi connectivity index (χ2v) is 7.75.